The number of esters is 1. The van der Waals surface area contributed by atoms with E-state index in [0.29, 0.717) is 12.5 Å². The monoisotopic (exact) mass is 476 g/mol. The van der Waals surface area contributed by atoms with Crippen LogP contribution in [-0.2, 0) is 9.47 Å². The Bertz CT molecular complexity index is 782. The lowest BCUT2D eigenvalue weighted by Gasteiger charge is -2.39. The number of ether oxygens (including phenoxy) is 2. The van der Waals surface area contributed by atoms with Gasteiger partial charge in [0.15, 0.2) is 11.5 Å². The van der Waals surface area contributed by atoms with Gasteiger partial charge in [-0.2, -0.15) is 0 Å². The van der Waals surface area contributed by atoms with E-state index in [4.69, 9.17) is 4.74 Å². The van der Waals surface area contributed by atoms with Crippen LogP contribution in [0.15, 0.2) is 12.1 Å². The Hall–Kier alpha value is -2.46. The molecule has 0 aromatic carbocycles. The fraction of sp³-hybridized carbons (Fsp3) is 0.750. The molecule has 0 spiro atoms. The van der Waals surface area contributed by atoms with Gasteiger partial charge in [-0.15, -0.1) is 10.2 Å². The number of rotatable bonds is 8. The summed E-state index contributed by atoms with van der Waals surface area (Å²) in [7, 11) is 1.34. The first kappa shape index (κ1) is 26.2. The van der Waals surface area contributed by atoms with Gasteiger partial charge in [-0.3, -0.25) is 0 Å². The maximum atomic E-state index is 11.7. The minimum atomic E-state index is -0.463. The fourth-order valence-corrected chi connectivity index (χ4v) is 4.42. The largest absolute Gasteiger partial charge is 0.464 e. The van der Waals surface area contributed by atoms with Gasteiger partial charge in [0.05, 0.1) is 7.11 Å². The average Bonchev–Trinajstić information content (AvgIpc) is 2.82. The van der Waals surface area contributed by atoms with Gasteiger partial charge in [0.2, 0.25) is 0 Å². The molecule has 190 valence electrons. The summed E-state index contributed by atoms with van der Waals surface area (Å²) < 4.78 is 9.95. The van der Waals surface area contributed by atoms with Gasteiger partial charge in [-0.05, 0) is 64.6 Å². The third kappa shape index (κ3) is 8.39. The summed E-state index contributed by atoms with van der Waals surface area (Å²) in [6.07, 6.45) is 2.86. The van der Waals surface area contributed by atoms with E-state index in [1.807, 2.05) is 26.8 Å². The maximum absolute atomic E-state index is 11.7. The van der Waals surface area contributed by atoms with Crippen LogP contribution in [0.5, 0.6) is 0 Å². The highest BCUT2D eigenvalue weighted by Crippen LogP contribution is 2.23. The highest BCUT2D eigenvalue weighted by molar-refractivity contribution is 5.86. The first-order valence-electron chi connectivity index (χ1n) is 12.3. The van der Waals surface area contributed by atoms with Crippen LogP contribution < -0.4 is 10.2 Å². The molecular formula is C24H40N6O4. The second-order valence-corrected chi connectivity index (χ2v) is 10.1. The lowest BCUT2D eigenvalue weighted by atomic mass is 9.96. The molecule has 0 atom stereocenters. The molecule has 1 N–H and O–H groups in total. The van der Waals surface area contributed by atoms with Crippen LogP contribution in [0.2, 0.25) is 0 Å². The van der Waals surface area contributed by atoms with E-state index >= 15 is 0 Å². The van der Waals surface area contributed by atoms with Crippen LogP contribution in [0.4, 0.5) is 10.6 Å². The number of piperazine rings is 1. The van der Waals surface area contributed by atoms with Crippen LogP contribution >= 0.6 is 0 Å². The fourth-order valence-electron chi connectivity index (χ4n) is 4.42. The molecule has 3 heterocycles. The molecule has 2 aliphatic heterocycles. The molecule has 0 saturated carbocycles. The minimum Gasteiger partial charge on any atom is -0.464 e. The molecular weight excluding hydrogens is 436 g/mol. The molecule has 0 radical (unpaired) electrons. The third-order valence-electron chi connectivity index (χ3n) is 6.28. The Morgan fingerprint density at radius 2 is 1.71 bits per heavy atom. The number of nitrogens with zero attached hydrogens (tertiary/aromatic N) is 5. The number of hydrogen-bond donors (Lipinski definition) is 1. The predicted molar refractivity (Wildman–Crippen MR) is 130 cm³/mol. The van der Waals surface area contributed by atoms with Crippen molar-refractivity contribution in [2.24, 2.45) is 5.92 Å². The topological polar surface area (TPSA) is 100 Å². The smallest absolute Gasteiger partial charge is 0.407 e. The standard InChI is InChI=1S/C24H40N6O4/c1-24(2,3)34-23(32)25-10-5-11-28-14-16-29(17-15-28)18-19-8-12-30(13-9-19)21-7-6-20(26-27-21)22(31)33-4/h6-7,19H,5,8-18H2,1-4H3,(H,25,32). The van der Waals surface area contributed by atoms with Crippen molar-refractivity contribution in [2.75, 3.05) is 70.9 Å². The number of carbonyl (C=O) groups is 2. The number of carbonyl (C=O) groups excluding carboxylic acids is 2. The summed E-state index contributed by atoms with van der Waals surface area (Å²) in [6.45, 7) is 14.7. The van der Waals surface area contributed by atoms with E-state index in [0.717, 1.165) is 77.4 Å². The van der Waals surface area contributed by atoms with Gasteiger partial charge in [-0.25, -0.2) is 9.59 Å². The molecule has 2 fully saturated rings. The van der Waals surface area contributed by atoms with Gasteiger partial charge < -0.3 is 29.5 Å². The number of piperidine rings is 1. The van der Waals surface area contributed by atoms with Crippen molar-refractivity contribution in [2.45, 2.75) is 45.6 Å². The molecule has 1 aromatic rings. The first-order valence-corrected chi connectivity index (χ1v) is 12.3. The van der Waals surface area contributed by atoms with Crippen LogP contribution in [0, 0.1) is 5.92 Å². The molecule has 1 amide bonds. The molecule has 34 heavy (non-hydrogen) atoms. The summed E-state index contributed by atoms with van der Waals surface area (Å²) in [4.78, 5) is 30.5. The number of amides is 1. The lowest BCUT2D eigenvalue weighted by molar-refractivity contribution is 0.0522. The van der Waals surface area contributed by atoms with Crippen molar-refractivity contribution in [1.29, 1.82) is 0 Å². The summed E-state index contributed by atoms with van der Waals surface area (Å²) in [6, 6.07) is 3.52. The van der Waals surface area contributed by atoms with Crippen molar-refractivity contribution >= 4 is 17.9 Å². The average molecular weight is 477 g/mol. The Morgan fingerprint density at radius 3 is 2.29 bits per heavy atom. The Labute approximate surface area is 203 Å². The molecule has 10 nitrogen and oxygen atoms in total. The van der Waals surface area contributed by atoms with E-state index in [9.17, 15) is 9.59 Å². The molecule has 1 aromatic heterocycles. The quantitative estimate of drug-likeness (QED) is 0.446. The molecule has 0 bridgehead atoms. The number of aromatic nitrogens is 2. The van der Waals surface area contributed by atoms with E-state index in [2.05, 4.69) is 35.0 Å². The summed E-state index contributed by atoms with van der Waals surface area (Å²) in [5, 5.41) is 11.0. The van der Waals surface area contributed by atoms with Crippen molar-refractivity contribution in [3.05, 3.63) is 17.8 Å². The second-order valence-electron chi connectivity index (χ2n) is 10.1. The molecule has 0 unspecified atom stereocenters. The maximum Gasteiger partial charge on any atom is 0.407 e. The number of nitrogens with one attached hydrogen (secondary N) is 1. The lowest BCUT2D eigenvalue weighted by Crippen LogP contribution is -2.49. The number of anilines is 1. The SMILES string of the molecule is COC(=O)c1ccc(N2CCC(CN3CCN(CCCNC(=O)OC(C)(C)C)CC3)CC2)nn1. The summed E-state index contributed by atoms with van der Waals surface area (Å²) in [5.74, 6) is 1.05. The predicted octanol–water partition coefficient (Wildman–Crippen LogP) is 2.01. The first-order chi connectivity index (χ1) is 16.2. The summed E-state index contributed by atoms with van der Waals surface area (Å²) in [5.41, 5.74) is -0.220. The molecule has 3 rings (SSSR count). The zero-order valence-electron chi connectivity index (χ0n) is 21.1. The van der Waals surface area contributed by atoms with E-state index in [-0.39, 0.29) is 11.8 Å². The Kier molecular flexibility index (Phi) is 9.46. The number of alkyl carbamates (subject to hydrolysis) is 1. The minimum absolute atomic E-state index is 0.236. The highest BCUT2D eigenvalue weighted by Gasteiger charge is 2.25. The van der Waals surface area contributed by atoms with E-state index in [1.54, 1.807) is 6.07 Å². The third-order valence-corrected chi connectivity index (χ3v) is 6.28. The zero-order valence-corrected chi connectivity index (χ0v) is 21.1. The van der Waals surface area contributed by atoms with Crippen LogP contribution in [0.25, 0.3) is 0 Å². The van der Waals surface area contributed by atoms with Crippen LogP contribution in [-0.4, -0.2) is 104 Å². The molecule has 10 heteroatoms. The van der Waals surface area contributed by atoms with Crippen LogP contribution in [0.3, 0.4) is 0 Å². The molecule has 2 saturated heterocycles. The number of hydrogen-bond acceptors (Lipinski definition) is 9. The van der Waals surface area contributed by atoms with Crippen molar-refractivity contribution in [3.8, 4) is 0 Å². The molecule has 2 aliphatic rings. The normalized spacial score (nSPS) is 18.5. The Balaban J connectivity index is 1.28. The van der Waals surface area contributed by atoms with Gasteiger partial charge in [0.1, 0.15) is 5.60 Å². The van der Waals surface area contributed by atoms with Gasteiger partial charge in [0, 0.05) is 52.4 Å². The van der Waals surface area contributed by atoms with Gasteiger partial charge in [-0.1, -0.05) is 0 Å². The van der Waals surface area contributed by atoms with Gasteiger partial charge in [0.25, 0.3) is 0 Å². The van der Waals surface area contributed by atoms with E-state index < -0.39 is 11.6 Å². The summed E-state index contributed by atoms with van der Waals surface area (Å²) >= 11 is 0. The highest BCUT2D eigenvalue weighted by atomic mass is 16.6. The van der Waals surface area contributed by atoms with Crippen molar-refractivity contribution < 1.29 is 19.1 Å². The van der Waals surface area contributed by atoms with E-state index in [1.165, 1.54) is 7.11 Å². The zero-order chi connectivity index (χ0) is 24.6. The molecule has 0 aliphatic carbocycles. The Morgan fingerprint density at radius 1 is 1.03 bits per heavy atom. The van der Waals surface area contributed by atoms with Gasteiger partial charge >= 0.3 is 12.1 Å². The number of methoxy groups -OCH3 is 1. The second kappa shape index (κ2) is 12.3. The van der Waals surface area contributed by atoms with Crippen LogP contribution in [0.1, 0.15) is 50.5 Å². The van der Waals surface area contributed by atoms with Crippen molar-refractivity contribution in [1.82, 2.24) is 25.3 Å². The van der Waals surface area contributed by atoms with Crippen molar-refractivity contribution in [3.63, 3.8) is 0 Å².